The standard InChI is InChI=1S/C13H18N2O2/c1-10(2)6-7-15-13(16)9-17-12-5-3-4-11(14)8-12/h3-6,8H,7,9,14H2,1-2H3,(H,15,16). The predicted octanol–water partition coefficient (Wildman–Crippen LogP) is 1.73. The first kappa shape index (κ1) is 13.1. The van der Waals surface area contributed by atoms with Crippen LogP contribution in [0.5, 0.6) is 5.75 Å². The number of amides is 1. The highest BCUT2D eigenvalue weighted by molar-refractivity contribution is 5.77. The van der Waals surface area contributed by atoms with E-state index in [0.717, 1.165) is 0 Å². The lowest BCUT2D eigenvalue weighted by atomic mass is 10.3. The highest BCUT2D eigenvalue weighted by Gasteiger charge is 2.01. The molecule has 0 unspecified atom stereocenters. The molecular formula is C13H18N2O2. The second-order valence-corrected chi connectivity index (χ2v) is 3.95. The summed E-state index contributed by atoms with van der Waals surface area (Å²) in [5.74, 6) is 0.451. The lowest BCUT2D eigenvalue weighted by molar-refractivity contribution is -0.122. The summed E-state index contributed by atoms with van der Waals surface area (Å²) in [6, 6.07) is 7.00. The van der Waals surface area contributed by atoms with Gasteiger partial charge in [-0.3, -0.25) is 4.79 Å². The number of ether oxygens (including phenoxy) is 1. The fraction of sp³-hybridized carbons (Fsp3) is 0.308. The molecule has 0 fully saturated rings. The summed E-state index contributed by atoms with van der Waals surface area (Å²) < 4.78 is 5.29. The van der Waals surface area contributed by atoms with E-state index in [0.29, 0.717) is 18.0 Å². The van der Waals surface area contributed by atoms with Crippen molar-refractivity contribution in [3.8, 4) is 5.75 Å². The van der Waals surface area contributed by atoms with Crippen LogP contribution in [-0.2, 0) is 4.79 Å². The summed E-state index contributed by atoms with van der Waals surface area (Å²) >= 11 is 0. The fourth-order valence-corrected chi connectivity index (χ4v) is 1.17. The van der Waals surface area contributed by atoms with Crippen molar-refractivity contribution in [1.29, 1.82) is 0 Å². The van der Waals surface area contributed by atoms with E-state index in [1.165, 1.54) is 5.57 Å². The Kier molecular flexibility index (Phi) is 5.07. The molecular weight excluding hydrogens is 216 g/mol. The maximum Gasteiger partial charge on any atom is 0.258 e. The Morgan fingerprint density at radius 1 is 1.47 bits per heavy atom. The van der Waals surface area contributed by atoms with E-state index in [4.69, 9.17) is 10.5 Å². The maximum absolute atomic E-state index is 11.4. The van der Waals surface area contributed by atoms with Gasteiger partial charge in [0.05, 0.1) is 0 Å². The zero-order valence-corrected chi connectivity index (χ0v) is 10.2. The summed E-state index contributed by atoms with van der Waals surface area (Å²) in [5.41, 5.74) is 7.38. The largest absolute Gasteiger partial charge is 0.484 e. The van der Waals surface area contributed by atoms with E-state index in [9.17, 15) is 4.79 Å². The summed E-state index contributed by atoms with van der Waals surface area (Å²) in [5, 5.41) is 2.73. The van der Waals surface area contributed by atoms with Crippen LogP contribution in [0.3, 0.4) is 0 Å². The third kappa shape index (κ3) is 5.61. The number of allylic oxidation sites excluding steroid dienone is 1. The first-order valence-corrected chi connectivity index (χ1v) is 5.46. The van der Waals surface area contributed by atoms with Crippen LogP contribution in [-0.4, -0.2) is 19.1 Å². The second kappa shape index (κ2) is 6.58. The van der Waals surface area contributed by atoms with Crippen molar-refractivity contribution in [2.24, 2.45) is 0 Å². The lowest BCUT2D eigenvalue weighted by Gasteiger charge is -2.06. The Morgan fingerprint density at radius 2 is 2.24 bits per heavy atom. The number of carbonyl (C=O) groups excluding carboxylic acids is 1. The van der Waals surface area contributed by atoms with Gasteiger partial charge >= 0.3 is 0 Å². The van der Waals surface area contributed by atoms with Gasteiger partial charge in [-0.25, -0.2) is 0 Å². The second-order valence-electron chi connectivity index (χ2n) is 3.95. The smallest absolute Gasteiger partial charge is 0.258 e. The van der Waals surface area contributed by atoms with Crippen LogP contribution in [0.25, 0.3) is 0 Å². The molecule has 17 heavy (non-hydrogen) atoms. The van der Waals surface area contributed by atoms with Crippen LogP contribution in [0.2, 0.25) is 0 Å². The maximum atomic E-state index is 11.4. The number of nitrogen functional groups attached to an aromatic ring is 1. The normalized spacial score (nSPS) is 9.53. The first-order valence-electron chi connectivity index (χ1n) is 5.46. The summed E-state index contributed by atoms with van der Waals surface area (Å²) in [4.78, 5) is 11.4. The van der Waals surface area contributed by atoms with Gasteiger partial charge in [0.2, 0.25) is 0 Å². The fourth-order valence-electron chi connectivity index (χ4n) is 1.17. The molecule has 0 heterocycles. The molecule has 1 rings (SSSR count). The molecule has 0 spiro atoms. The molecule has 0 atom stereocenters. The van der Waals surface area contributed by atoms with Gasteiger partial charge in [-0.15, -0.1) is 0 Å². The zero-order chi connectivity index (χ0) is 12.7. The van der Waals surface area contributed by atoms with Gasteiger partial charge in [-0.1, -0.05) is 17.7 Å². The average Bonchev–Trinajstić information content (AvgIpc) is 2.26. The third-order valence-corrected chi connectivity index (χ3v) is 2.04. The summed E-state index contributed by atoms with van der Waals surface area (Å²) in [6.07, 6.45) is 1.94. The molecule has 1 aromatic rings. The van der Waals surface area contributed by atoms with Crippen molar-refractivity contribution in [2.45, 2.75) is 13.8 Å². The Labute approximate surface area is 101 Å². The summed E-state index contributed by atoms with van der Waals surface area (Å²) in [7, 11) is 0. The molecule has 1 amide bonds. The van der Waals surface area contributed by atoms with E-state index in [-0.39, 0.29) is 12.5 Å². The van der Waals surface area contributed by atoms with Gasteiger partial charge in [-0.2, -0.15) is 0 Å². The van der Waals surface area contributed by atoms with Gasteiger partial charge in [0.15, 0.2) is 6.61 Å². The minimum absolute atomic E-state index is 0.0000548. The molecule has 0 saturated heterocycles. The minimum atomic E-state index is -0.148. The minimum Gasteiger partial charge on any atom is -0.484 e. The Bertz CT molecular complexity index is 410. The number of hydrogen-bond donors (Lipinski definition) is 2. The molecule has 0 saturated carbocycles. The van der Waals surface area contributed by atoms with Gasteiger partial charge in [-0.05, 0) is 26.0 Å². The van der Waals surface area contributed by atoms with E-state index < -0.39 is 0 Å². The first-order chi connectivity index (χ1) is 8.08. The molecule has 0 bridgehead atoms. The molecule has 0 aliphatic carbocycles. The Hall–Kier alpha value is -1.97. The molecule has 1 aromatic carbocycles. The number of nitrogens with one attached hydrogen (secondary N) is 1. The third-order valence-electron chi connectivity index (χ3n) is 2.04. The number of anilines is 1. The van der Waals surface area contributed by atoms with Gasteiger partial charge < -0.3 is 15.8 Å². The van der Waals surface area contributed by atoms with E-state index >= 15 is 0 Å². The van der Waals surface area contributed by atoms with Crippen molar-refractivity contribution in [3.63, 3.8) is 0 Å². The number of carbonyl (C=O) groups is 1. The zero-order valence-electron chi connectivity index (χ0n) is 10.2. The molecule has 4 nitrogen and oxygen atoms in total. The Morgan fingerprint density at radius 3 is 2.88 bits per heavy atom. The van der Waals surface area contributed by atoms with Crippen LogP contribution in [0, 0.1) is 0 Å². The summed E-state index contributed by atoms with van der Waals surface area (Å²) in [6.45, 7) is 4.49. The van der Waals surface area contributed by atoms with Crippen molar-refractivity contribution < 1.29 is 9.53 Å². The highest BCUT2D eigenvalue weighted by atomic mass is 16.5. The lowest BCUT2D eigenvalue weighted by Crippen LogP contribution is -2.29. The quantitative estimate of drug-likeness (QED) is 0.602. The number of benzene rings is 1. The monoisotopic (exact) mass is 234 g/mol. The number of rotatable bonds is 5. The topological polar surface area (TPSA) is 64.3 Å². The molecule has 0 aliphatic heterocycles. The van der Waals surface area contributed by atoms with Crippen molar-refractivity contribution in [1.82, 2.24) is 5.32 Å². The van der Waals surface area contributed by atoms with Crippen molar-refractivity contribution in [3.05, 3.63) is 35.9 Å². The van der Waals surface area contributed by atoms with Crippen LogP contribution < -0.4 is 15.8 Å². The van der Waals surface area contributed by atoms with Gasteiger partial charge in [0, 0.05) is 18.3 Å². The highest BCUT2D eigenvalue weighted by Crippen LogP contribution is 2.13. The van der Waals surface area contributed by atoms with E-state index in [1.807, 2.05) is 19.9 Å². The van der Waals surface area contributed by atoms with Crippen LogP contribution in [0.15, 0.2) is 35.9 Å². The molecule has 0 aliphatic rings. The molecule has 3 N–H and O–H groups in total. The van der Waals surface area contributed by atoms with Crippen LogP contribution in [0.1, 0.15) is 13.8 Å². The molecule has 4 heteroatoms. The van der Waals surface area contributed by atoms with Crippen LogP contribution >= 0.6 is 0 Å². The number of hydrogen-bond acceptors (Lipinski definition) is 3. The molecule has 0 radical (unpaired) electrons. The van der Waals surface area contributed by atoms with E-state index in [1.54, 1.807) is 24.3 Å². The van der Waals surface area contributed by atoms with Gasteiger partial charge in [0.1, 0.15) is 5.75 Å². The van der Waals surface area contributed by atoms with E-state index in [2.05, 4.69) is 5.32 Å². The number of nitrogens with two attached hydrogens (primary N) is 1. The average molecular weight is 234 g/mol. The predicted molar refractivity (Wildman–Crippen MR) is 68.8 cm³/mol. The van der Waals surface area contributed by atoms with Crippen LogP contribution in [0.4, 0.5) is 5.69 Å². The molecule has 0 aromatic heterocycles. The Balaban J connectivity index is 2.31. The van der Waals surface area contributed by atoms with Gasteiger partial charge in [0.25, 0.3) is 5.91 Å². The van der Waals surface area contributed by atoms with Crippen molar-refractivity contribution >= 4 is 11.6 Å². The SMILES string of the molecule is CC(C)=CCNC(=O)COc1cccc(N)c1. The molecule has 92 valence electrons. The van der Waals surface area contributed by atoms with Crippen molar-refractivity contribution in [2.75, 3.05) is 18.9 Å².